The highest BCUT2D eigenvalue weighted by atomic mass is 16.5. The van der Waals surface area contributed by atoms with Crippen LogP contribution in [-0.4, -0.2) is 78.8 Å². The molecule has 0 aromatic carbocycles. The number of hydrogen-bond donors (Lipinski definition) is 0. The van der Waals surface area contributed by atoms with Gasteiger partial charge in [-0.15, -0.1) is 0 Å². The summed E-state index contributed by atoms with van der Waals surface area (Å²) in [6.07, 6.45) is 4.34. The van der Waals surface area contributed by atoms with Gasteiger partial charge in [-0.2, -0.15) is 15.1 Å². The molecule has 0 radical (unpaired) electrons. The number of hydrogen-bond acceptors (Lipinski definition) is 6. The molecular formula is C12H20N4O3. The zero-order valence-corrected chi connectivity index (χ0v) is 11.0. The van der Waals surface area contributed by atoms with Crippen LogP contribution < -0.4 is 0 Å². The summed E-state index contributed by atoms with van der Waals surface area (Å²) in [6, 6.07) is 0. The van der Waals surface area contributed by atoms with E-state index in [-0.39, 0.29) is 5.91 Å². The van der Waals surface area contributed by atoms with Gasteiger partial charge >= 0.3 is 0 Å². The average Bonchev–Trinajstić information content (AvgIpc) is 2.49. The van der Waals surface area contributed by atoms with Crippen LogP contribution in [0.5, 0.6) is 0 Å². The topological polar surface area (TPSA) is 48.5 Å². The summed E-state index contributed by atoms with van der Waals surface area (Å²) in [5.74, 6) is 0.107. The fourth-order valence-electron chi connectivity index (χ4n) is 2.51. The minimum absolute atomic E-state index is 0.107. The molecule has 0 unspecified atom stereocenters. The average molecular weight is 268 g/mol. The molecule has 3 aliphatic heterocycles. The Morgan fingerprint density at radius 1 is 0.895 bits per heavy atom. The van der Waals surface area contributed by atoms with Gasteiger partial charge in [0.15, 0.2) is 0 Å². The number of morpholine rings is 2. The molecule has 0 aromatic rings. The summed E-state index contributed by atoms with van der Waals surface area (Å²) in [5, 5.41) is 7.89. The molecule has 0 aromatic heterocycles. The molecule has 0 atom stereocenters. The molecule has 2 fully saturated rings. The van der Waals surface area contributed by atoms with Crippen molar-refractivity contribution < 1.29 is 14.3 Å². The molecule has 2 saturated heterocycles. The van der Waals surface area contributed by atoms with Gasteiger partial charge in [-0.1, -0.05) is 6.08 Å². The van der Waals surface area contributed by atoms with Crippen molar-refractivity contribution in [2.45, 2.75) is 6.42 Å². The number of amides is 1. The maximum Gasteiger partial charge on any atom is 0.261 e. The number of ether oxygens (including phenoxy) is 2. The largest absolute Gasteiger partial charge is 0.379 e. The Labute approximate surface area is 112 Å². The second-order valence-electron chi connectivity index (χ2n) is 4.72. The van der Waals surface area contributed by atoms with E-state index < -0.39 is 0 Å². The highest BCUT2D eigenvalue weighted by molar-refractivity contribution is 5.77. The molecule has 106 valence electrons. The predicted molar refractivity (Wildman–Crippen MR) is 67.2 cm³/mol. The molecule has 7 heteroatoms. The maximum absolute atomic E-state index is 12.2. The lowest BCUT2D eigenvalue weighted by molar-refractivity contribution is -0.265. The first kappa shape index (κ1) is 12.9. The first-order valence-electron chi connectivity index (χ1n) is 6.80. The number of carbonyl (C=O) groups is 1. The van der Waals surface area contributed by atoms with Gasteiger partial charge in [0.1, 0.15) is 0 Å². The Morgan fingerprint density at radius 2 is 1.47 bits per heavy atom. The van der Waals surface area contributed by atoms with Crippen LogP contribution in [0.2, 0.25) is 0 Å². The third-order valence-corrected chi connectivity index (χ3v) is 3.48. The van der Waals surface area contributed by atoms with E-state index in [2.05, 4.69) is 10.0 Å². The van der Waals surface area contributed by atoms with Gasteiger partial charge in [0.2, 0.25) is 0 Å². The fourth-order valence-corrected chi connectivity index (χ4v) is 2.51. The summed E-state index contributed by atoms with van der Waals surface area (Å²) in [4.78, 5) is 12.2. The molecule has 1 amide bonds. The molecule has 3 rings (SSSR count). The number of carbonyl (C=O) groups excluding carboxylic acids is 1. The van der Waals surface area contributed by atoms with Gasteiger partial charge < -0.3 is 9.47 Å². The molecule has 7 nitrogen and oxygen atoms in total. The highest BCUT2D eigenvalue weighted by Gasteiger charge is 2.33. The van der Waals surface area contributed by atoms with Crippen LogP contribution in [0.1, 0.15) is 6.42 Å². The summed E-state index contributed by atoms with van der Waals surface area (Å²) in [6.45, 7) is 5.86. The van der Waals surface area contributed by atoms with Crippen LogP contribution in [0.25, 0.3) is 0 Å². The van der Waals surface area contributed by atoms with Crippen molar-refractivity contribution in [1.29, 1.82) is 0 Å². The first-order chi connectivity index (χ1) is 9.36. The zero-order valence-electron chi connectivity index (χ0n) is 11.0. The first-order valence-corrected chi connectivity index (χ1v) is 6.80. The molecular weight excluding hydrogens is 248 g/mol. The van der Waals surface area contributed by atoms with Crippen molar-refractivity contribution in [3.8, 4) is 0 Å². The van der Waals surface area contributed by atoms with Gasteiger partial charge in [-0.3, -0.25) is 4.79 Å². The maximum atomic E-state index is 12.2. The molecule has 0 bridgehead atoms. The van der Waals surface area contributed by atoms with E-state index in [4.69, 9.17) is 9.47 Å². The number of nitrogens with zero attached hydrogens (tertiary/aromatic N) is 4. The zero-order chi connectivity index (χ0) is 13.1. The van der Waals surface area contributed by atoms with Gasteiger partial charge in [0, 0.05) is 38.8 Å². The Kier molecular flexibility index (Phi) is 3.97. The predicted octanol–water partition coefficient (Wildman–Crippen LogP) is -0.556. The van der Waals surface area contributed by atoms with E-state index in [0.717, 1.165) is 26.2 Å². The van der Waals surface area contributed by atoms with Gasteiger partial charge in [0.05, 0.1) is 26.4 Å². The van der Waals surface area contributed by atoms with Gasteiger partial charge in [-0.25, -0.2) is 5.12 Å². The van der Waals surface area contributed by atoms with Crippen molar-refractivity contribution in [2.24, 2.45) is 0 Å². The number of hydrazine groups is 3. The van der Waals surface area contributed by atoms with Crippen LogP contribution in [0.3, 0.4) is 0 Å². The van der Waals surface area contributed by atoms with E-state index in [1.54, 1.807) is 5.12 Å². The minimum atomic E-state index is 0.107. The van der Waals surface area contributed by atoms with Crippen LogP contribution in [-0.2, 0) is 14.3 Å². The molecule has 3 aliphatic rings. The lowest BCUT2D eigenvalue weighted by atomic mass is 10.3. The monoisotopic (exact) mass is 268 g/mol. The smallest absolute Gasteiger partial charge is 0.261 e. The SMILES string of the molecule is O=C1CC=CN(N2CCOCC2)N1N1CCOCC1. The molecule has 3 heterocycles. The van der Waals surface area contributed by atoms with Gasteiger partial charge in [-0.05, 0) is 0 Å². The van der Waals surface area contributed by atoms with Crippen LogP contribution in [0.15, 0.2) is 12.3 Å². The van der Waals surface area contributed by atoms with E-state index in [1.165, 1.54) is 0 Å². The van der Waals surface area contributed by atoms with Gasteiger partial charge in [0.25, 0.3) is 5.91 Å². The van der Waals surface area contributed by atoms with Crippen molar-refractivity contribution in [3.05, 3.63) is 12.3 Å². The van der Waals surface area contributed by atoms with Crippen molar-refractivity contribution in [3.63, 3.8) is 0 Å². The highest BCUT2D eigenvalue weighted by Crippen LogP contribution is 2.18. The molecule has 0 spiro atoms. The quantitative estimate of drug-likeness (QED) is 0.669. The van der Waals surface area contributed by atoms with E-state index in [9.17, 15) is 4.79 Å². The Balaban J connectivity index is 1.75. The lowest BCUT2D eigenvalue weighted by Crippen LogP contribution is -2.64. The summed E-state index contributed by atoms with van der Waals surface area (Å²) in [7, 11) is 0. The third-order valence-electron chi connectivity index (χ3n) is 3.48. The summed E-state index contributed by atoms with van der Waals surface area (Å²) in [5.41, 5.74) is 0. The van der Waals surface area contributed by atoms with E-state index >= 15 is 0 Å². The van der Waals surface area contributed by atoms with Crippen molar-refractivity contribution >= 4 is 5.91 Å². The van der Waals surface area contributed by atoms with E-state index in [1.807, 2.05) is 17.4 Å². The van der Waals surface area contributed by atoms with E-state index in [0.29, 0.717) is 32.8 Å². The molecule has 0 saturated carbocycles. The second kappa shape index (κ2) is 5.87. The minimum Gasteiger partial charge on any atom is -0.379 e. The summed E-state index contributed by atoms with van der Waals surface area (Å²) < 4.78 is 10.7. The Hall–Kier alpha value is -1.15. The summed E-state index contributed by atoms with van der Waals surface area (Å²) >= 11 is 0. The Bertz CT molecular complexity index is 351. The second-order valence-corrected chi connectivity index (χ2v) is 4.72. The third kappa shape index (κ3) is 2.74. The molecule has 0 aliphatic carbocycles. The number of rotatable bonds is 2. The molecule has 0 N–H and O–H groups in total. The lowest BCUT2D eigenvalue weighted by Gasteiger charge is -2.48. The van der Waals surface area contributed by atoms with Crippen LogP contribution >= 0.6 is 0 Å². The van der Waals surface area contributed by atoms with Crippen LogP contribution in [0.4, 0.5) is 0 Å². The van der Waals surface area contributed by atoms with Crippen LogP contribution in [0, 0.1) is 0 Å². The fraction of sp³-hybridized carbons (Fsp3) is 0.750. The molecule has 19 heavy (non-hydrogen) atoms. The van der Waals surface area contributed by atoms with Crippen molar-refractivity contribution in [2.75, 3.05) is 52.6 Å². The normalized spacial score (nSPS) is 27.1. The standard InChI is InChI=1S/C12H20N4O3/c17-12-2-1-3-15(13-4-8-18-9-5-13)16(12)14-6-10-19-11-7-14/h1,3H,2,4-11H2. The Morgan fingerprint density at radius 3 is 2.11 bits per heavy atom. The van der Waals surface area contributed by atoms with Crippen molar-refractivity contribution in [1.82, 2.24) is 20.3 Å².